The molecule has 1 saturated heterocycles. The fraction of sp³-hybridized carbons (Fsp3) is 0.636. The molecular formula is C11H17N3O2S. The highest BCUT2D eigenvalue weighted by Crippen LogP contribution is 2.26. The first-order chi connectivity index (χ1) is 8.06. The van der Waals surface area contributed by atoms with Gasteiger partial charge in [-0.2, -0.15) is 0 Å². The Morgan fingerprint density at radius 3 is 3.06 bits per heavy atom. The minimum absolute atomic E-state index is 0.225. The topological polar surface area (TPSA) is 72.4 Å². The molecular weight excluding hydrogens is 238 g/mol. The zero-order chi connectivity index (χ0) is 12.4. The van der Waals surface area contributed by atoms with Gasteiger partial charge in [-0.25, -0.2) is 0 Å². The van der Waals surface area contributed by atoms with Crippen LogP contribution in [-0.4, -0.2) is 29.0 Å². The second-order valence-corrected chi connectivity index (χ2v) is 5.58. The van der Waals surface area contributed by atoms with Crippen molar-refractivity contribution in [3.8, 4) is 0 Å². The minimum atomic E-state index is -0.330. The summed E-state index contributed by atoms with van der Waals surface area (Å²) in [5.74, 6) is 0.559. The molecule has 0 bridgehead atoms. The summed E-state index contributed by atoms with van der Waals surface area (Å²) in [6.45, 7) is 4.88. The van der Waals surface area contributed by atoms with E-state index >= 15 is 0 Å². The third kappa shape index (κ3) is 3.02. The van der Waals surface area contributed by atoms with Gasteiger partial charge < -0.3 is 5.73 Å². The van der Waals surface area contributed by atoms with Gasteiger partial charge in [-0.05, 0) is 31.4 Å². The summed E-state index contributed by atoms with van der Waals surface area (Å²) in [5.41, 5.74) is 6.92. The van der Waals surface area contributed by atoms with Gasteiger partial charge in [-0.15, -0.1) is 0 Å². The first kappa shape index (κ1) is 12.5. The molecule has 1 aliphatic heterocycles. The molecule has 1 aliphatic rings. The number of nitro groups is 1. The van der Waals surface area contributed by atoms with Crippen molar-refractivity contribution in [2.75, 3.05) is 13.1 Å². The van der Waals surface area contributed by atoms with Crippen molar-refractivity contribution in [2.24, 2.45) is 11.7 Å². The molecule has 0 spiro atoms. The van der Waals surface area contributed by atoms with Crippen molar-refractivity contribution >= 4 is 16.3 Å². The minimum Gasteiger partial charge on any atom is -0.328 e. The lowest BCUT2D eigenvalue weighted by atomic mass is 10.0. The highest BCUT2D eigenvalue weighted by atomic mass is 32.1. The Labute approximate surface area is 104 Å². The Morgan fingerprint density at radius 2 is 2.53 bits per heavy atom. The fourth-order valence-corrected chi connectivity index (χ4v) is 2.96. The molecule has 1 aromatic heterocycles. The van der Waals surface area contributed by atoms with Crippen LogP contribution in [0.4, 0.5) is 5.00 Å². The predicted molar refractivity (Wildman–Crippen MR) is 68.0 cm³/mol. The van der Waals surface area contributed by atoms with E-state index in [1.54, 1.807) is 6.07 Å². The second-order valence-electron chi connectivity index (χ2n) is 4.69. The Balaban J connectivity index is 1.91. The van der Waals surface area contributed by atoms with E-state index < -0.39 is 0 Å². The number of hydrogen-bond acceptors (Lipinski definition) is 5. The van der Waals surface area contributed by atoms with E-state index in [9.17, 15) is 10.1 Å². The van der Waals surface area contributed by atoms with Gasteiger partial charge in [-0.3, -0.25) is 15.0 Å². The largest absolute Gasteiger partial charge is 0.328 e. The van der Waals surface area contributed by atoms with E-state index in [2.05, 4.69) is 4.90 Å². The molecule has 2 heterocycles. The molecule has 2 unspecified atom stereocenters. The number of nitrogens with zero attached hydrogens (tertiary/aromatic N) is 2. The van der Waals surface area contributed by atoms with Crippen LogP contribution in [0.3, 0.4) is 0 Å². The van der Waals surface area contributed by atoms with Gasteiger partial charge in [0.1, 0.15) is 0 Å². The monoisotopic (exact) mass is 255 g/mol. The molecule has 6 heteroatoms. The van der Waals surface area contributed by atoms with Gasteiger partial charge in [0.15, 0.2) is 0 Å². The van der Waals surface area contributed by atoms with E-state index in [-0.39, 0.29) is 16.0 Å². The molecule has 2 N–H and O–H groups in total. The molecule has 1 fully saturated rings. The first-order valence-electron chi connectivity index (χ1n) is 5.76. The second kappa shape index (κ2) is 5.12. The normalized spacial score (nSPS) is 22.8. The van der Waals surface area contributed by atoms with Crippen molar-refractivity contribution in [3.05, 3.63) is 27.1 Å². The maximum atomic E-state index is 10.6. The van der Waals surface area contributed by atoms with Crippen molar-refractivity contribution < 1.29 is 4.92 Å². The van der Waals surface area contributed by atoms with Gasteiger partial charge in [0, 0.05) is 30.6 Å². The van der Waals surface area contributed by atoms with Crippen LogP contribution in [0, 0.1) is 16.0 Å². The molecule has 0 aliphatic carbocycles. The number of rotatable bonds is 4. The Hall–Kier alpha value is -0.980. The number of thiophene rings is 1. The Kier molecular flexibility index (Phi) is 3.76. The number of likely N-dealkylation sites (tertiary alicyclic amines) is 1. The summed E-state index contributed by atoms with van der Waals surface area (Å²) in [6, 6.07) is 1.90. The Bertz CT molecular complexity index is 405. The SMILES string of the molecule is CC(N)C1CCN(Cc2csc([N+](=O)[O-])c2)C1. The van der Waals surface area contributed by atoms with Crippen LogP contribution in [0.2, 0.25) is 0 Å². The van der Waals surface area contributed by atoms with Crippen LogP contribution >= 0.6 is 11.3 Å². The highest BCUT2D eigenvalue weighted by Gasteiger charge is 2.25. The van der Waals surface area contributed by atoms with E-state index in [0.29, 0.717) is 5.92 Å². The molecule has 17 heavy (non-hydrogen) atoms. The zero-order valence-electron chi connectivity index (χ0n) is 9.83. The molecule has 0 radical (unpaired) electrons. The van der Waals surface area contributed by atoms with E-state index in [4.69, 9.17) is 5.73 Å². The third-order valence-electron chi connectivity index (χ3n) is 3.28. The molecule has 94 valence electrons. The van der Waals surface area contributed by atoms with E-state index in [1.807, 2.05) is 12.3 Å². The molecule has 5 nitrogen and oxygen atoms in total. The van der Waals surface area contributed by atoms with Crippen LogP contribution < -0.4 is 5.73 Å². The third-order valence-corrected chi connectivity index (χ3v) is 4.21. The quantitative estimate of drug-likeness (QED) is 0.658. The molecule has 0 amide bonds. The summed E-state index contributed by atoms with van der Waals surface area (Å²) < 4.78 is 0. The summed E-state index contributed by atoms with van der Waals surface area (Å²) >= 11 is 1.20. The average Bonchev–Trinajstić information content (AvgIpc) is 2.87. The van der Waals surface area contributed by atoms with Crippen molar-refractivity contribution in [1.29, 1.82) is 0 Å². The maximum Gasteiger partial charge on any atom is 0.324 e. The van der Waals surface area contributed by atoms with Gasteiger partial charge in [0.05, 0.1) is 4.92 Å². The summed E-state index contributed by atoms with van der Waals surface area (Å²) in [7, 11) is 0. The smallest absolute Gasteiger partial charge is 0.324 e. The fourth-order valence-electron chi connectivity index (χ4n) is 2.23. The summed E-state index contributed by atoms with van der Waals surface area (Å²) in [4.78, 5) is 12.6. The van der Waals surface area contributed by atoms with E-state index in [0.717, 1.165) is 31.6 Å². The number of nitrogens with two attached hydrogens (primary N) is 1. The summed E-state index contributed by atoms with van der Waals surface area (Å²) in [5, 5.41) is 12.7. The summed E-state index contributed by atoms with van der Waals surface area (Å²) in [6.07, 6.45) is 1.13. The van der Waals surface area contributed by atoms with E-state index in [1.165, 1.54) is 11.3 Å². The standard InChI is InChI=1S/C11H17N3O2S/c1-8(12)10-2-3-13(6-10)5-9-4-11(14(15)16)17-7-9/h4,7-8,10H,2-3,5-6,12H2,1H3. The zero-order valence-corrected chi connectivity index (χ0v) is 10.7. The van der Waals surface area contributed by atoms with Crippen LogP contribution in [0.15, 0.2) is 11.4 Å². The van der Waals surface area contributed by atoms with Gasteiger partial charge in [-0.1, -0.05) is 11.3 Å². The van der Waals surface area contributed by atoms with Crippen LogP contribution in [0.1, 0.15) is 18.9 Å². The van der Waals surface area contributed by atoms with Crippen LogP contribution in [-0.2, 0) is 6.54 Å². The lowest BCUT2D eigenvalue weighted by Crippen LogP contribution is -2.29. The van der Waals surface area contributed by atoms with Crippen LogP contribution in [0.5, 0.6) is 0 Å². The molecule has 2 rings (SSSR count). The lowest BCUT2D eigenvalue weighted by molar-refractivity contribution is -0.380. The van der Waals surface area contributed by atoms with Crippen molar-refractivity contribution in [2.45, 2.75) is 25.9 Å². The van der Waals surface area contributed by atoms with Crippen molar-refractivity contribution in [1.82, 2.24) is 4.90 Å². The molecule has 0 aromatic carbocycles. The van der Waals surface area contributed by atoms with Gasteiger partial charge >= 0.3 is 5.00 Å². The molecule has 0 saturated carbocycles. The first-order valence-corrected chi connectivity index (χ1v) is 6.64. The van der Waals surface area contributed by atoms with Crippen molar-refractivity contribution in [3.63, 3.8) is 0 Å². The predicted octanol–water partition coefficient (Wildman–Crippen LogP) is 1.83. The van der Waals surface area contributed by atoms with Gasteiger partial charge in [0.2, 0.25) is 0 Å². The van der Waals surface area contributed by atoms with Crippen LogP contribution in [0.25, 0.3) is 0 Å². The number of hydrogen-bond donors (Lipinski definition) is 1. The lowest BCUT2D eigenvalue weighted by Gasteiger charge is -2.16. The highest BCUT2D eigenvalue weighted by molar-refractivity contribution is 7.13. The molecule has 2 atom stereocenters. The Morgan fingerprint density at radius 1 is 1.76 bits per heavy atom. The van der Waals surface area contributed by atoms with Gasteiger partial charge in [0.25, 0.3) is 0 Å². The average molecular weight is 255 g/mol. The molecule has 1 aromatic rings. The maximum absolute atomic E-state index is 10.6.